The largest absolute Gasteiger partial charge is 0.508 e. The van der Waals surface area contributed by atoms with E-state index in [0.29, 0.717) is 19.6 Å². The number of carbonyl (C=O) groups is 2. The van der Waals surface area contributed by atoms with Crippen molar-refractivity contribution in [3.8, 4) is 5.75 Å². The molecule has 5 nitrogen and oxygen atoms in total. The van der Waals surface area contributed by atoms with Crippen molar-refractivity contribution in [3.63, 3.8) is 0 Å². The number of benzene rings is 1. The number of nitrogens with one attached hydrogen (secondary N) is 1. The second kappa shape index (κ2) is 7.82. The Bertz CT molecular complexity index is 505. The number of carbonyl (C=O) groups excluding carboxylic acids is 2. The van der Waals surface area contributed by atoms with Crippen molar-refractivity contribution >= 4 is 11.8 Å². The van der Waals surface area contributed by atoms with Gasteiger partial charge in [0.15, 0.2) is 0 Å². The SMILES string of the molecule is CC(=O)N1CCC(C(=O)NCCCc2ccc(O)cc2)CC1. The fraction of sp³-hybridized carbons (Fsp3) is 0.529. The number of phenols is 1. The molecule has 2 amide bonds. The summed E-state index contributed by atoms with van der Waals surface area (Å²) in [5.74, 6) is 0.500. The van der Waals surface area contributed by atoms with E-state index < -0.39 is 0 Å². The third kappa shape index (κ3) is 4.76. The molecule has 1 aromatic carbocycles. The number of hydrogen-bond donors (Lipinski definition) is 2. The van der Waals surface area contributed by atoms with Crippen molar-refractivity contribution in [2.24, 2.45) is 5.92 Å². The van der Waals surface area contributed by atoms with Crippen molar-refractivity contribution in [3.05, 3.63) is 29.8 Å². The Labute approximate surface area is 131 Å². The van der Waals surface area contributed by atoms with Crippen LogP contribution in [0.1, 0.15) is 31.7 Å². The zero-order chi connectivity index (χ0) is 15.9. The van der Waals surface area contributed by atoms with Crippen LogP contribution in [-0.4, -0.2) is 41.5 Å². The van der Waals surface area contributed by atoms with Crippen LogP contribution in [0, 0.1) is 5.92 Å². The zero-order valence-corrected chi connectivity index (χ0v) is 13.0. The van der Waals surface area contributed by atoms with Gasteiger partial charge < -0.3 is 15.3 Å². The van der Waals surface area contributed by atoms with E-state index in [0.717, 1.165) is 31.2 Å². The molecule has 5 heteroatoms. The highest BCUT2D eigenvalue weighted by Crippen LogP contribution is 2.17. The van der Waals surface area contributed by atoms with E-state index in [4.69, 9.17) is 0 Å². The van der Waals surface area contributed by atoms with E-state index in [2.05, 4.69) is 5.32 Å². The summed E-state index contributed by atoms with van der Waals surface area (Å²) < 4.78 is 0. The highest BCUT2D eigenvalue weighted by atomic mass is 16.3. The molecule has 1 aromatic rings. The Morgan fingerprint density at radius 2 is 1.86 bits per heavy atom. The smallest absolute Gasteiger partial charge is 0.223 e. The molecule has 2 rings (SSSR count). The molecule has 1 saturated heterocycles. The maximum atomic E-state index is 12.1. The standard InChI is InChI=1S/C17H24N2O3/c1-13(20)19-11-8-15(9-12-19)17(22)18-10-2-3-14-4-6-16(21)7-5-14/h4-7,15,21H,2-3,8-12H2,1H3,(H,18,22). The van der Waals surface area contributed by atoms with Crippen LogP contribution in [0.4, 0.5) is 0 Å². The molecule has 0 spiro atoms. The van der Waals surface area contributed by atoms with Crippen LogP contribution in [0.3, 0.4) is 0 Å². The number of likely N-dealkylation sites (tertiary alicyclic amines) is 1. The van der Waals surface area contributed by atoms with Crippen LogP contribution in [0.2, 0.25) is 0 Å². The van der Waals surface area contributed by atoms with Crippen LogP contribution < -0.4 is 5.32 Å². The summed E-state index contributed by atoms with van der Waals surface area (Å²) in [4.78, 5) is 25.1. The number of rotatable bonds is 5. The van der Waals surface area contributed by atoms with Gasteiger partial charge in [0.05, 0.1) is 0 Å². The lowest BCUT2D eigenvalue weighted by Gasteiger charge is -2.30. The van der Waals surface area contributed by atoms with Gasteiger partial charge in [0.2, 0.25) is 11.8 Å². The molecule has 22 heavy (non-hydrogen) atoms. The summed E-state index contributed by atoms with van der Waals surface area (Å²) in [6.45, 7) is 3.60. The molecule has 0 aliphatic carbocycles. The molecule has 2 N–H and O–H groups in total. The molecule has 1 heterocycles. The van der Waals surface area contributed by atoms with Gasteiger partial charge in [-0.3, -0.25) is 9.59 Å². The number of phenolic OH excluding ortho intramolecular Hbond substituents is 1. The molecule has 1 fully saturated rings. The molecule has 120 valence electrons. The number of hydrogen-bond acceptors (Lipinski definition) is 3. The van der Waals surface area contributed by atoms with Crippen LogP contribution >= 0.6 is 0 Å². The van der Waals surface area contributed by atoms with Gasteiger partial charge in [-0.1, -0.05) is 12.1 Å². The van der Waals surface area contributed by atoms with Crippen molar-refractivity contribution in [2.75, 3.05) is 19.6 Å². The Morgan fingerprint density at radius 1 is 1.23 bits per heavy atom. The first-order valence-corrected chi connectivity index (χ1v) is 7.87. The highest BCUT2D eigenvalue weighted by molar-refractivity contribution is 5.79. The van der Waals surface area contributed by atoms with Crippen molar-refractivity contribution in [2.45, 2.75) is 32.6 Å². The summed E-state index contributed by atoms with van der Waals surface area (Å²) in [5.41, 5.74) is 1.15. The number of nitrogens with zero attached hydrogens (tertiary/aromatic N) is 1. The zero-order valence-electron chi connectivity index (χ0n) is 13.0. The quantitative estimate of drug-likeness (QED) is 0.814. The Kier molecular flexibility index (Phi) is 5.81. The van der Waals surface area contributed by atoms with Gasteiger partial charge in [0.1, 0.15) is 5.75 Å². The first-order valence-electron chi connectivity index (χ1n) is 7.87. The van der Waals surface area contributed by atoms with Gasteiger partial charge in [-0.15, -0.1) is 0 Å². The van der Waals surface area contributed by atoms with Gasteiger partial charge in [0.25, 0.3) is 0 Å². The molecule has 0 radical (unpaired) electrons. The van der Waals surface area contributed by atoms with E-state index in [9.17, 15) is 14.7 Å². The van der Waals surface area contributed by atoms with Crippen LogP contribution in [0.25, 0.3) is 0 Å². The Morgan fingerprint density at radius 3 is 2.45 bits per heavy atom. The van der Waals surface area contributed by atoms with Gasteiger partial charge in [-0.2, -0.15) is 0 Å². The average molecular weight is 304 g/mol. The normalized spacial score (nSPS) is 15.6. The van der Waals surface area contributed by atoms with Crippen LogP contribution in [-0.2, 0) is 16.0 Å². The fourth-order valence-electron chi connectivity index (χ4n) is 2.77. The minimum absolute atomic E-state index is 0.0317. The molecule has 0 saturated carbocycles. The third-order valence-corrected chi connectivity index (χ3v) is 4.19. The molecule has 0 atom stereocenters. The Hall–Kier alpha value is -2.04. The lowest BCUT2D eigenvalue weighted by molar-refractivity contribution is -0.133. The number of piperidine rings is 1. The van der Waals surface area contributed by atoms with E-state index >= 15 is 0 Å². The second-order valence-corrected chi connectivity index (χ2v) is 5.84. The highest BCUT2D eigenvalue weighted by Gasteiger charge is 2.25. The summed E-state index contributed by atoms with van der Waals surface area (Å²) in [6.07, 6.45) is 3.26. The molecule has 1 aliphatic rings. The predicted octanol–water partition coefficient (Wildman–Crippen LogP) is 1.70. The molecule has 1 aliphatic heterocycles. The number of amides is 2. The molecule has 0 unspecified atom stereocenters. The van der Waals surface area contributed by atoms with Crippen molar-refractivity contribution in [1.82, 2.24) is 10.2 Å². The monoisotopic (exact) mass is 304 g/mol. The maximum absolute atomic E-state index is 12.1. The molecular formula is C17H24N2O3. The molecule has 0 bridgehead atoms. The molecule has 0 aromatic heterocycles. The lowest BCUT2D eigenvalue weighted by Crippen LogP contribution is -2.42. The first-order chi connectivity index (χ1) is 10.6. The van der Waals surface area contributed by atoms with Gasteiger partial charge >= 0.3 is 0 Å². The summed E-state index contributed by atoms with van der Waals surface area (Å²) >= 11 is 0. The van der Waals surface area contributed by atoms with Crippen molar-refractivity contribution < 1.29 is 14.7 Å². The number of aryl methyl sites for hydroxylation is 1. The average Bonchev–Trinajstić information content (AvgIpc) is 2.53. The van der Waals surface area contributed by atoms with Gasteiger partial charge in [0, 0.05) is 32.5 Å². The summed E-state index contributed by atoms with van der Waals surface area (Å²) in [5, 5.41) is 12.2. The third-order valence-electron chi connectivity index (χ3n) is 4.19. The minimum Gasteiger partial charge on any atom is -0.508 e. The summed E-state index contributed by atoms with van der Waals surface area (Å²) in [6, 6.07) is 7.15. The van der Waals surface area contributed by atoms with E-state index in [1.807, 2.05) is 12.1 Å². The fourth-order valence-corrected chi connectivity index (χ4v) is 2.77. The maximum Gasteiger partial charge on any atom is 0.223 e. The number of aromatic hydroxyl groups is 1. The first kappa shape index (κ1) is 16.3. The molecular weight excluding hydrogens is 280 g/mol. The van der Waals surface area contributed by atoms with E-state index in [-0.39, 0.29) is 23.5 Å². The van der Waals surface area contributed by atoms with Gasteiger partial charge in [-0.05, 0) is 43.4 Å². The lowest BCUT2D eigenvalue weighted by atomic mass is 9.96. The van der Waals surface area contributed by atoms with Gasteiger partial charge in [-0.25, -0.2) is 0 Å². The minimum atomic E-state index is 0.0317. The van der Waals surface area contributed by atoms with Crippen molar-refractivity contribution in [1.29, 1.82) is 0 Å². The Balaban J connectivity index is 1.64. The van der Waals surface area contributed by atoms with E-state index in [1.54, 1.807) is 24.0 Å². The predicted molar refractivity (Wildman–Crippen MR) is 84.4 cm³/mol. The summed E-state index contributed by atoms with van der Waals surface area (Å²) in [7, 11) is 0. The second-order valence-electron chi connectivity index (χ2n) is 5.84. The van der Waals surface area contributed by atoms with Crippen LogP contribution in [0.5, 0.6) is 5.75 Å². The van der Waals surface area contributed by atoms with E-state index in [1.165, 1.54) is 0 Å². The topological polar surface area (TPSA) is 69.6 Å². The van der Waals surface area contributed by atoms with Crippen LogP contribution in [0.15, 0.2) is 24.3 Å².